The van der Waals surface area contributed by atoms with Crippen LogP contribution in [0.2, 0.25) is 0 Å². The summed E-state index contributed by atoms with van der Waals surface area (Å²) in [5.74, 6) is 1.49. The fourth-order valence-electron chi connectivity index (χ4n) is 9.35. The van der Waals surface area contributed by atoms with E-state index >= 15 is 0 Å². The summed E-state index contributed by atoms with van der Waals surface area (Å²) < 4.78 is 5.43. The average Bonchev–Trinajstić information content (AvgIpc) is 3.86. The van der Waals surface area contributed by atoms with Gasteiger partial charge in [-0.05, 0) is 111 Å². The van der Waals surface area contributed by atoms with Crippen molar-refractivity contribution in [3.63, 3.8) is 0 Å². The predicted octanol–water partition coefficient (Wildman–Crippen LogP) is 7.04. The Bertz CT molecular complexity index is 2160. The van der Waals surface area contributed by atoms with Gasteiger partial charge in [0.15, 0.2) is 0 Å². The Hall–Kier alpha value is -5.73. The summed E-state index contributed by atoms with van der Waals surface area (Å²) in [6.07, 6.45) is 5.59. The third kappa shape index (κ3) is 12.1. The number of carbonyl (C=O) groups is 4. The fraction of sp³-hybridized carbons (Fsp3) is 0.440. The van der Waals surface area contributed by atoms with E-state index in [2.05, 4.69) is 50.5 Å². The number of benzene rings is 4. The lowest BCUT2D eigenvalue weighted by Crippen LogP contribution is -2.57. The monoisotopic (exact) mass is 889 g/mol. The Morgan fingerprint density at radius 3 is 2.33 bits per heavy atom. The van der Waals surface area contributed by atoms with Crippen LogP contribution in [-0.4, -0.2) is 77.7 Å². The van der Waals surface area contributed by atoms with Gasteiger partial charge in [-0.3, -0.25) is 14.4 Å². The zero-order valence-corrected chi connectivity index (χ0v) is 37.7. The number of urea groups is 1. The smallest absolute Gasteiger partial charge is 0.315 e. The van der Waals surface area contributed by atoms with Gasteiger partial charge in [-0.1, -0.05) is 61.0 Å². The first kappa shape index (κ1) is 46.3. The van der Waals surface area contributed by atoms with E-state index in [0.29, 0.717) is 74.0 Å². The number of amides is 5. The van der Waals surface area contributed by atoms with Gasteiger partial charge in [0.2, 0.25) is 17.7 Å². The van der Waals surface area contributed by atoms with E-state index in [1.807, 2.05) is 90.6 Å². The van der Waals surface area contributed by atoms with Crippen molar-refractivity contribution in [2.24, 2.45) is 5.92 Å². The first-order valence-corrected chi connectivity index (χ1v) is 23.8. The number of aliphatic hydroxyl groups is 1. The summed E-state index contributed by atoms with van der Waals surface area (Å²) >= 11 is 1.86. The van der Waals surface area contributed by atoms with Gasteiger partial charge in [-0.15, -0.1) is 0 Å². The van der Waals surface area contributed by atoms with Gasteiger partial charge in [-0.2, -0.15) is 11.8 Å². The summed E-state index contributed by atoms with van der Waals surface area (Å²) in [6, 6.07) is 33.1. The Kier molecular flexibility index (Phi) is 16.1. The molecular formula is C50H63N7O6S. The maximum atomic E-state index is 13.4. The summed E-state index contributed by atoms with van der Waals surface area (Å²) in [5, 5.41) is 26.2. The van der Waals surface area contributed by atoms with Crippen LogP contribution < -0.4 is 42.0 Å². The Morgan fingerprint density at radius 1 is 0.875 bits per heavy atom. The quantitative estimate of drug-likeness (QED) is 0.0247. The van der Waals surface area contributed by atoms with Crippen LogP contribution in [0.1, 0.15) is 93.5 Å². The highest BCUT2D eigenvalue weighted by Crippen LogP contribution is 2.50. The molecule has 0 aromatic heterocycles. The molecule has 8 unspecified atom stereocenters. The Balaban J connectivity index is 0.852. The van der Waals surface area contributed by atoms with Crippen LogP contribution in [0.15, 0.2) is 103 Å². The maximum Gasteiger partial charge on any atom is 0.315 e. The van der Waals surface area contributed by atoms with Crippen molar-refractivity contribution in [3.05, 3.63) is 120 Å². The third-order valence-electron chi connectivity index (χ3n) is 12.9. The lowest BCUT2D eigenvalue weighted by atomic mass is 9.73. The number of rotatable bonds is 22. The molecule has 0 bridgehead atoms. The zero-order chi connectivity index (χ0) is 45.0. The average molecular weight is 890 g/mol. The first-order chi connectivity index (χ1) is 31.1. The molecule has 64 heavy (non-hydrogen) atoms. The largest absolute Gasteiger partial charge is 0.497 e. The van der Waals surface area contributed by atoms with Gasteiger partial charge in [0.05, 0.1) is 31.3 Å². The number of hydrogen-bond donors (Lipinski definition) is 7. The third-order valence-corrected chi connectivity index (χ3v) is 14.4. The zero-order valence-electron chi connectivity index (χ0n) is 36.8. The molecule has 8 atom stereocenters. The fourth-order valence-corrected chi connectivity index (χ4v) is 10.9. The molecule has 0 radical (unpaired) electrons. The number of thioether (sulfide) groups is 1. The molecular weight excluding hydrogens is 827 g/mol. The van der Waals surface area contributed by atoms with Crippen LogP contribution in [0.25, 0.3) is 0 Å². The number of anilines is 3. The molecule has 0 saturated carbocycles. The molecule has 3 saturated heterocycles. The van der Waals surface area contributed by atoms with E-state index in [9.17, 15) is 24.3 Å². The number of nitrogens with one attached hydrogen (secondary N) is 5. The molecule has 3 heterocycles. The van der Waals surface area contributed by atoms with E-state index in [4.69, 9.17) is 10.5 Å². The number of nitrogen functional groups attached to an aromatic ring is 1. The number of hydrogen-bond acceptors (Lipinski definition) is 9. The topological polar surface area (TPSA) is 187 Å². The second-order valence-corrected chi connectivity index (χ2v) is 18.6. The number of unbranched alkanes of at least 4 members (excludes halogenated alkanes) is 2. The van der Waals surface area contributed by atoms with Crippen molar-refractivity contribution < 1.29 is 29.0 Å². The minimum absolute atomic E-state index is 0.102. The highest BCUT2D eigenvalue weighted by molar-refractivity contribution is 8.00. The molecule has 3 aliphatic heterocycles. The number of methoxy groups -OCH3 is 1. The van der Waals surface area contributed by atoms with E-state index in [1.165, 1.54) is 5.56 Å². The molecule has 8 N–H and O–H groups in total. The van der Waals surface area contributed by atoms with Crippen molar-refractivity contribution in [2.45, 2.75) is 113 Å². The van der Waals surface area contributed by atoms with Crippen molar-refractivity contribution in [3.8, 4) is 5.75 Å². The van der Waals surface area contributed by atoms with Gasteiger partial charge in [0.25, 0.3) is 0 Å². The van der Waals surface area contributed by atoms with Crippen LogP contribution in [-0.2, 0) is 20.8 Å². The highest BCUT2D eigenvalue weighted by Gasteiger charge is 2.46. The lowest BCUT2D eigenvalue weighted by Gasteiger charge is -2.56. The van der Waals surface area contributed by atoms with Crippen LogP contribution in [0, 0.1) is 5.92 Å². The summed E-state index contributed by atoms with van der Waals surface area (Å²) in [7, 11) is 1.67. The number of aliphatic hydroxyl groups excluding tert-OH is 1. The Morgan fingerprint density at radius 2 is 1.59 bits per heavy atom. The number of nitrogens with zero attached hydrogens (tertiary/aromatic N) is 1. The molecule has 3 fully saturated rings. The number of fused-ring (bicyclic) bond motifs is 1. The molecule has 0 spiro atoms. The number of ether oxygens (including phenoxy) is 1. The molecule has 4 aromatic carbocycles. The standard InChI is InChI=1S/C50H63N7O6S/c1-32-40(27-28-43(58)34-10-4-3-5-11-34)48(35-17-25-39(63-2)26-18-35)57(32)38-23-21-37(22-24-38)53-45(59)14-8-9-29-52-49(61)41(30-33-15-19-36(51)20-16-33)54-46(60)13-7-6-12-44-47-42(31-64-44)55-50(62)56-47/h3-5,10-11,15-26,32,40-44,47-48,58H,6-9,12-14,27-31,51H2,1-2H3,(H,52,61)(H,53,59)(H,54,60)(H2,55,56,62). The number of nitrogens with two attached hydrogens (primary N) is 1. The van der Waals surface area contributed by atoms with Crippen molar-refractivity contribution >= 4 is 52.6 Å². The predicted molar refractivity (Wildman–Crippen MR) is 254 cm³/mol. The second kappa shape index (κ2) is 22.3. The minimum Gasteiger partial charge on any atom is -0.497 e. The maximum absolute atomic E-state index is 13.4. The van der Waals surface area contributed by atoms with Crippen LogP contribution in [0.5, 0.6) is 5.75 Å². The van der Waals surface area contributed by atoms with Gasteiger partial charge in [0, 0.05) is 65.8 Å². The Labute approximate surface area is 381 Å². The molecule has 340 valence electrons. The van der Waals surface area contributed by atoms with E-state index in [0.717, 1.165) is 47.6 Å². The molecule has 7 rings (SSSR count). The van der Waals surface area contributed by atoms with Gasteiger partial charge >= 0.3 is 6.03 Å². The first-order valence-electron chi connectivity index (χ1n) is 22.7. The van der Waals surface area contributed by atoms with Crippen molar-refractivity contribution in [1.82, 2.24) is 21.3 Å². The minimum atomic E-state index is -0.752. The lowest BCUT2D eigenvalue weighted by molar-refractivity contribution is -0.129. The normalized spacial score (nSPS) is 22.0. The molecule has 4 aromatic rings. The molecule has 5 amide bonds. The molecule has 13 nitrogen and oxygen atoms in total. The van der Waals surface area contributed by atoms with E-state index in [1.54, 1.807) is 19.2 Å². The number of carbonyl (C=O) groups excluding carboxylic acids is 4. The highest BCUT2D eigenvalue weighted by atomic mass is 32.2. The molecule has 14 heteroatoms. The van der Waals surface area contributed by atoms with Crippen molar-refractivity contribution in [1.29, 1.82) is 0 Å². The van der Waals surface area contributed by atoms with Gasteiger partial charge in [0.1, 0.15) is 11.8 Å². The second-order valence-electron chi connectivity index (χ2n) is 17.3. The van der Waals surface area contributed by atoms with Gasteiger partial charge in [-0.25, -0.2) is 4.79 Å². The van der Waals surface area contributed by atoms with Crippen LogP contribution in [0.4, 0.5) is 21.9 Å². The summed E-state index contributed by atoms with van der Waals surface area (Å²) in [4.78, 5) is 53.6. The van der Waals surface area contributed by atoms with Gasteiger partial charge < -0.3 is 47.1 Å². The van der Waals surface area contributed by atoms with Crippen LogP contribution in [0.3, 0.4) is 0 Å². The van der Waals surface area contributed by atoms with Crippen molar-refractivity contribution in [2.75, 3.05) is 35.4 Å². The van der Waals surface area contributed by atoms with E-state index in [-0.39, 0.29) is 47.9 Å². The summed E-state index contributed by atoms with van der Waals surface area (Å²) in [6.45, 7) is 2.61. The molecule has 0 aliphatic carbocycles. The SMILES string of the molecule is COc1ccc(C2C(CCC(O)c3ccccc3)C(C)N2c2ccc(NC(=O)CCCCNC(=O)C(Cc3ccc(N)cc3)NC(=O)CCCCC3SCC4NC(=O)NC43)cc2)cc1. The molecule has 3 aliphatic rings. The summed E-state index contributed by atoms with van der Waals surface area (Å²) in [5.41, 5.74) is 11.3. The van der Waals surface area contributed by atoms with E-state index < -0.39 is 12.1 Å². The van der Waals surface area contributed by atoms with Crippen LogP contribution >= 0.6 is 11.8 Å².